The molecule has 3 aliphatic heterocycles. The molecule has 5 aliphatic rings. The summed E-state index contributed by atoms with van der Waals surface area (Å²) < 4.78 is 1.79. The first-order chi connectivity index (χ1) is 21.7. The van der Waals surface area contributed by atoms with Crippen LogP contribution in [0.5, 0.6) is 0 Å². The number of carbonyl (C=O) groups is 3. The molecular formula is C36H50N6O3. The SMILES string of the molecule is CC1(C)C[C@@H]1C(=O)N1CC2(CN(C(=O)c3cnn(Cc4ccccc4)c3)C[C@H]2C(=O)N[C@@H]2CCCN(CC3CCCCC3)C2)C1. The first-order valence-electron chi connectivity index (χ1n) is 17.4. The van der Waals surface area contributed by atoms with Crippen molar-refractivity contribution in [2.24, 2.45) is 28.6 Å². The second-order valence-corrected chi connectivity index (χ2v) is 15.6. The Kier molecular flexibility index (Phi) is 8.25. The molecule has 0 unspecified atom stereocenters. The minimum absolute atomic E-state index is 0.0495. The normalized spacial score (nSPS) is 27.7. The van der Waals surface area contributed by atoms with Crippen molar-refractivity contribution in [1.29, 1.82) is 0 Å². The zero-order chi connectivity index (χ0) is 31.2. The molecule has 9 nitrogen and oxygen atoms in total. The highest BCUT2D eigenvalue weighted by Gasteiger charge is 2.62. The number of carbonyl (C=O) groups excluding carboxylic acids is 3. The van der Waals surface area contributed by atoms with Gasteiger partial charge in [0.05, 0.1) is 24.2 Å². The first kappa shape index (κ1) is 30.5. The number of aromatic nitrogens is 2. The average molecular weight is 615 g/mol. The number of nitrogens with one attached hydrogen (secondary N) is 1. The molecule has 1 aromatic carbocycles. The van der Waals surface area contributed by atoms with E-state index in [9.17, 15) is 14.4 Å². The Morgan fingerprint density at radius 3 is 2.38 bits per heavy atom. The molecule has 45 heavy (non-hydrogen) atoms. The molecule has 3 atom stereocenters. The molecule has 242 valence electrons. The van der Waals surface area contributed by atoms with E-state index >= 15 is 0 Å². The molecule has 7 rings (SSSR count). The molecule has 5 fully saturated rings. The van der Waals surface area contributed by atoms with Gasteiger partial charge in [-0.05, 0) is 55.5 Å². The molecule has 2 aromatic rings. The summed E-state index contributed by atoms with van der Waals surface area (Å²) in [5.74, 6) is 0.710. The lowest BCUT2D eigenvalue weighted by molar-refractivity contribution is -0.151. The van der Waals surface area contributed by atoms with E-state index in [1.54, 1.807) is 10.9 Å². The first-order valence-corrected chi connectivity index (χ1v) is 17.4. The molecule has 1 aromatic heterocycles. The summed E-state index contributed by atoms with van der Waals surface area (Å²) in [7, 11) is 0. The van der Waals surface area contributed by atoms with Gasteiger partial charge >= 0.3 is 0 Å². The third-order valence-corrected chi connectivity index (χ3v) is 11.5. The van der Waals surface area contributed by atoms with Crippen LogP contribution in [-0.2, 0) is 16.1 Å². The number of rotatable bonds is 8. The van der Waals surface area contributed by atoms with Gasteiger partial charge in [-0.1, -0.05) is 63.4 Å². The number of hydrogen-bond donors (Lipinski definition) is 1. The van der Waals surface area contributed by atoms with E-state index in [0.717, 1.165) is 50.4 Å². The van der Waals surface area contributed by atoms with Crippen molar-refractivity contribution in [1.82, 2.24) is 29.8 Å². The summed E-state index contributed by atoms with van der Waals surface area (Å²) in [5.41, 5.74) is 1.33. The van der Waals surface area contributed by atoms with Gasteiger partial charge in [0.1, 0.15) is 0 Å². The van der Waals surface area contributed by atoms with Gasteiger partial charge < -0.3 is 20.0 Å². The van der Waals surface area contributed by atoms with Crippen molar-refractivity contribution in [3.63, 3.8) is 0 Å². The Morgan fingerprint density at radius 2 is 1.64 bits per heavy atom. The average Bonchev–Trinajstić information content (AvgIpc) is 3.33. The second-order valence-electron chi connectivity index (χ2n) is 15.6. The van der Waals surface area contributed by atoms with Crippen molar-refractivity contribution < 1.29 is 14.4 Å². The molecule has 2 aliphatic carbocycles. The predicted molar refractivity (Wildman–Crippen MR) is 172 cm³/mol. The van der Waals surface area contributed by atoms with Gasteiger partial charge in [0.15, 0.2) is 0 Å². The molecular weight excluding hydrogens is 564 g/mol. The molecule has 3 saturated heterocycles. The summed E-state index contributed by atoms with van der Waals surface area (Å²) in [4.78, 5) is 47.5. The fourth-order valence-corrected chi connectivity index (χ4v) is 8.67. The lowest BCUT2D eigenvalue weighted by Gasteiger charge is -2.50. The predicted octanol–water partition coefficient (Wildman–Crippen LogP) is 4.04. The molecule has 0 radical (unpaired) electrons. The standard InChI is InChI=1S/C36H50N6O3/c1-35(2)16-30(35)34(45)41-24-36(25-41)23-40(33(44)28-17-37-42(20-28)19-27-12-7-4-8-13-27)22-31(36)32(43)38-29-14-9-15-39(21-29)18-26-10-5-3-6-11-26/h4,7-8,12-13,17,20,26,29-31H,3,5-6,9-11,14-16,18-19,21-25H2,1-2H3,(H,38,43)/t29-,30-,31+/m1/s1. The second kappa shape index (κ2) is 12.2. The van der Waals surface area contributed by atoms with Crippen LogP contribution < -0.4 is 5.32 Å². The maximum Gasteiger partial charge on any atom is 0.257 e. The number of benzene rings is 1. The summed E-state index contributed by atoms with van der Waals surface area (Å²) in [5, 5.41) is 7.90. The molecule has 0 bridgehead atoms. The fraction of sp³-hybridized carbons (Fsp3) is 0.667. The van der Waals surface area contributed by atoms with E-state index in [4.69, 9.17) is 0 Å². The van der Waals surface area contributed by atoms with Crippen molar-refractivity contribution in [3.8, 4) is 0 Å². The van der Waals surface area contributed by atoms with Crippen molar-refractivity contribution in [3.05, 3.63) is 53.9 Å². The van der Waals surface area contributed by atoms with Crippen LogP contribution in [0.15, 0.2) is 42.7 Å². The Bertz CT molecular complexity index is 1390. The quantitative estimate of drug-likeness (QED) is 0.485. The number of nitrogens with zero attached hydrogens (tertiary/aromatic N) is 5. The highest BCUT2D eigenvalue weighted by molar-refractivity contribution is 5.95. The van der Waals surface area contributed by atoms with Gasteiger partial charge in [0.25, 0.3) is 5.91 Å². The van der Waals surface area contributed by atoms with Crippen LogP contribution in [0.25, 0.3) is 0 Å². The van der Waals surface area contributed by atoms with E-state index in [1.165, 1.54) is 32.1 Å². The summed E-state index contributed by atoms with van der Waals surface area (Å²) >= 11 is 0. The molecule has 1 spiro atoms. The minimum atomic E-state index is -0.398. The van der Waals surface area contributed by atoms with Crippen molar-refractivity contribution >= 4 is 17.7 Å². The third kappa shape index (κ3) is 6.42. The van der Waals surface area contributed by atoms with Gasteiger partial charge in [-0.25, -0.2) is 0 Å². The molecule has 3 amide bonds. The van der Waals surface area contributed by atoms with Crippen LogP contribution in [-0.4, -0.2) is 94.1 Å². The third-order valence-electron chi connectivity index (χ3n) is 11.5. The lowest BCUT2D eigenvalue weighted by atomic mass is 9.70. The van der Waals surface area contributed by atoms with Crippen LogP contribution in [0.3, 0.4) is 0 Å². The van der Waals surface area contributed by atoms with Gasteiger partial charge in [-0.15, -0.1) is 0 Å². The van der Waals surface area contributed by atoms with Crippen LogP contribution in [0.2, 0.25) is 0 Å². The van der Waals surface area contributed by atoms with Gasteiger partial charge in [-0.2, -0.15) is 5.10 Å². The lowest BCUT2D eigenvalue weighted by Crippen LogP contribution is -2.65. The van der Waals surface area contributed by atoms with E-state index in [-0.39, 0.29) is 41.0 Å². The van der Waals surface area contributed by atoms with Crippen LogP contribution in [0, 0.1) is 28.6 Å². The van der Waals surface area contributed by atoms with Crippen molar-refractivity contribution in [2.75, 3.05) is 45.8 Å². The molecule has 4 heterocycles. The van der Waals surface area contributed by atoms with Crippen LogP contribution >= 0.6 is 0 Å². The maximum atomic E-state index is 14.1. The molecule has 2 saturated carbocycles. The van der Waals surface area contributed by atoms with E-state index in [1.807, 2.05) is 46.3 Å². The summed E-state index contributed by atoms with van der Waals surface area (Å²) in [6, 6.07) is 10.2. The van der Waals surface area contributed by atoms with Crippen LogP contribution in [0.4, 0.5) is 0 Å². The number of amides is 3. The highest BCUT2D eigenvalue weighted by atomic mass is 16.2. The molecule has 9 heteroatoms. The van der Waals surface area contributed by atoms with Gasteiger partial charge in [0, 0.05) is 62.8 Å². The fourth-order valence-electron chi connectivity index (χ4n) is 8.67. The topological polar surface area (TPSA) is 90.8 Å². The van der Waals surface area contributed by atoms with Gasteiger partial charge in [-0.3, -0.25) is 19.1 Å². The molecule has 1 N–H and O–H groups in total. The summed E-state index contributed by atoms with van der Waals surface area (Å²) in [6.45, 7) is 10.0. The van der Waals surface area contributed by atoms with Crippen LogP contribution in [0.1, 0.15) is 81.1 Å². The monoisotopic (exact) mass is 614 g/mol. The van der Waals surface area contributed by atoms with Crippen molar-refractivity contribution in [2.45, 2.75) is 77.8 Å². The smallest absolute Gasteiger partial charge is 0.257 e. The summed E-state index contributed by atoms with van der Waals surface area (Å²) in [6.07, 6.45) is 13.2. The zero-order valence-electron chi connectivity index (χ0n) is 27.1. The number of likely N-dealkylation sites (tertiary alicyclic amines) is 3. The maximum absolute atomic E-state index is 14.1. The Balaban J connectivity index is 1.02. The van der Waals surface area contributed by atoms with E-state index in [2.05, 4.69) is 29.2 Å². The Labute approximate surface area is 267 Å². The minimum Gasteiger partial charge on any atom is -0.352 e. The zero-order valence-corrected chi connectivity index (χ0v) is 27.1. The number of hydrogen-bond acceptors (Lipinski definition) is 5. The Morgan fingerprint density at radius 1 is 0.911 bits per heavy atom. The highest BCUT2D eigenvalue weighted by Crippen LogP contribution is 2.54. The van der Waals surface area contributed by atoms with E-state index < -0.39 is 5.41 Å². The van der Waals surface area contributed by atoms with E-state index in [0.29, 0.717) is 38.3 Å². The number of piperidine rings is 1. The largest absolute Gasteiger partial charge is 0.352 e. The Hall–Kier alpha value is -3.20. The van der Waals surface area contributed by atoms with Gasteiger partial charge in [0.2, 0.25) is 11.8 Å².